The van der Waals surface area contributed by atoms with Crippen LogP contribution in [0.4, 0.5) is 0 Å². The molecule has 1 aromatic heterocycles. The summed E-state index contributed by atoms with van der Waals surface area (Å²) in [4.78, 5) is 22.8. The molecule has 6 heteroatoms. The molecule has 1 aromatic carbocycles. The predicted molar refractivity (Wildman–Crippen MR) is 86.2 cm³/mol. The summed E-state index contributed by atoms with van der Waals surface area (Å²) < 4.78 is 2.17. The minimum atomic E-state index is -0.602. The van der Waals surface area contributed by atoms with Crippen LogP contribution in [-0.2, 0) is 16.1 Å². The number of carbonyl (C=O) groups is 2. The number of rotatable bonds is 7. The van der Waals surface area contributed by atoms with Gasteiger partial charge in [-0.15, -0.1) is 0 Å². The van der Waals surface area contributed by atoms with Crippen molar-refractivity contribution in [2.75, 3.05) is 13.1 Å². The molecular formula is C16H22N4O2. The van der Waals surface area contributed by atoms with Gasteiger partial charge in [-0.25, -0.2) is 0 Å². The number of carbonyl (C=O) groups excluding carboxylic acids is 2. The number of nitrogens with zero attached hydrogens (tertiary/aromatic N) is 1. The van der Waals surface area contributed by atoms with Gasteiger partial charge >= 0.3 is 0 Å². The summed E-state index contributed by atoms with van der Waals surface area (Å²) in [5, 5.41) is 6.47. The SMILES string of the molecule is C[C@H](N)C(=O)NCC(=O)NCCCn1ccc2ccccc21. The number of benzene rings is 1. The normalized spacial score (nSPS) is 12.1. The predicted octanol–water partition coefficient (Wildman–Crippen LogP) is 0.611. The molecule has 22 heavy (non-hydrogen) atoms. The molecule has 0 spiro atoms. The monoisotopic (exact) mass is 302 g/mol. The summed E-state index contributed by atoms with van der Waals surface area (Å²) in [6.07, 6.45) is 2.88. The highest BCUT2D eigenvalue weighted by atomic mass is 16.2. The van der Waals surface area contributed by atoms with Crippen LogP contribution >= 0.6 is 0 Å². The highest BCUT2D eigenvalue weighted by molar-refractivity contribution is 5.87. The minimum absolute atomic E-state index is 0.0349. The lowest BCUT2D eigenvalue weighted by Crippen LogP contribution is -2.43. The first-order chi connectivity index (χ1) is 10.6. The molecule has 2 aromatic rings. The Morgan fingerprint density at radius 2 is 2.00 bits per heavy atom. The summed E-state index contributed by atoms with van der Waals surface area (Å²) in [7, 11) is 0. The van der Waals surface area contributed by atoms with Crippen LogP contribution in [0.5, 0.6) is 0 Å². The largest absolute Gasteiger partial charge is 0.355 e. The Morgan fingerprint density at radius 1 is 1.23 bits per heavy atom. The molecule has 0 aliphatic carbocycles. The number of aryl methyl sites for hydroxylation is 1. The molecule has 0 bridgehead atoms. The Kier molecular flexibility index (Phi) is 5.55. The first-order valence-electron chi connectivity index (χ1n) is 7.42. The zero-order valence-corrected chi connectivity index (χ0v) is 12.7. The van der Waals surface area contributed by atoms with Gasteiger partial charge in [0.25, 0.3) is 0 Å². The second kappa shape index (κ2) is 7.61. The summed E-state index contributed by atoms with van der Waals surface area (Å²) >= 11 is 0. The van der Waals surface area contributed by atoms with Crippen LogP contribution in [-0.4, -0.2) is 35.5 Å². The van der Waals surface area contributed by atoms with E-state index in [1.165, 1.54) is 10.9 Å². The minimum Gasteiger partial charge on any atom is -0.355 e. The third-order valence-electron chi connectivity index (χ3n) is 3.41. The molecule has 0 aliphatic heterocycles. The Hall–Kier alpha value is -2.34. The van der Waals surface area contributed by atoms with Crippen molar-refractivity contribution < 1.29 is 9.59 Å². The maximum atomic E-state index is 11.6. The molecule has 118 valence electrons. The van der Waals surface area contributed by atoms with Crippen molar-refractivity contribution in [2.45, 2.75) is 25.9 Å². The van der Waals surface area contributed by atoms with Gasteiger partial charge in [0, 0.05) is 24.8 Å². The number of para-hydroxylation sites is 1. The molecule has 0 radical (unpaired) electrons. The smallest absolute Gasteiger partial charge is 0.239 e. The molecule has 0 fully saturated rings. The summed E-state index contributed by atoms with van der Waals surface area (Å²) in [5.74, 6) is -0.527. The summed E-state index contributed by atoms with van der Waals surface area (Å²) in [5.41, 5.74) is 6.59. The molecule has 4 N–H and O–H groups in total. The number of nitrogens with two attached hydrogens (primary N) is 1. The molecule has 2 amide bonds. The van der Waals surface area contributed by atoms with E-state index in [1.807, 2.05) is 12.1 Å². The van der Waals surface area contributed by atoms with Crippen molar-refractivity contribution in [1.29, 1.82) is 0 Å². The summed E-state index contributed by atoms with van der Waals surface area (Å²) in [6.45, 7) is 2.95. The fourth-order valence-corrected chi connectivity index (χ4v) is 2.20. The second-order valence-corrected chi connectivity index (χ2v) is 5.28. The first kappa shape index (κ1) is 16.0. The highest BCUT2D eigenvalue weighted by Crippen LogP contribution is 2.15. The van der Waals surface area contributed by atoms with Gasteiger partial charge in [0.1, 0.15) is 0 Å². The highest BCUT2D eigenvalue weighted by Gasteiger charge is 2.08. The van der Waals surface area contributed by atoms with Crippen molar-refractivity contribution in [3.63, 3.8) is 0 Å². The zero-order chi connectivity index (χ0) is 15.9. The van der Waals surface area contributed by atoms with Crippen LogP contribution in [0, 0.1) is 0 Å². The molecule has 0 saturated carbocycles. The molecular weight excluding hydrogens is 280 g/mol. The van der Waals surface area contributed by atoms with E-state index in [9.17, 15) is 9.59 Å². The van der Waals surface area contributed by atoms with E-state index in [4.69, 9.17) is 5.73 Å². The lowest BCUT2D eigenvalue weighted by molar-refractivity contribution is -0.126. The van der Waals surface area contributed by atoms with Crippen LogP contribution in [0.2, 0.25) is 0 Å². The Balaban J connectivity index is 1.69. The number of amides is 2. The van der Waals surface area contributed by atoms with E-state index in [0.717, 1.165) is 13.0 Å². The van der Waals surface area contributed by atoms with Gasteiger partial charge in [-0.05, 0) is 30.9 Å². The second-order valence-electron chi connectivity index (χ2n) is 5.28. The van der Waals surface area contributed by atoms with Gasteiger partial charge < -0.3 is 20.9 Å². The van der Waals surface area contributed by atoms with E-state index in [0.29, 0.717) is 6.54 Å². The van der Waals surface area contributed by atoms with Gasteiger partial charge in [0.2, 0.25) is 11.8 Å². The third-order valence-corrected chi connectivity index (χ3v) is 3.41. The lowest BCUT2D eigenvalue weighted by Gasteiger charge is -2.09. The zero-order valence-electron chi connectivity index (χ0n) is 12.7. The van der Waals surface area contributed by atoms with E-state index in [2.05, 4.69) is 39.6 Å². The quantitative estimate of drug-likeness (QED) is 0.655. The number of hydrogen-bond donors (Lipinski definition) is 3. The van der Waals surface area contributed by atoms with E-state index in [-0.39, 0.29) is 18.4 Å². The van der Waals surface area contributed by atoms with E-state index in [1.54, 1.807) is 6.92 Å². The lowest BCUT2D eigenvalue weighted by atomic mass is 10.2. The van der Waals surface area contributed by atoms with Crippen LogP contribution < -0.4 is 16.4 Å². The molecule has 1 heterocycles. The van der Waals surface area contributed by atoms with Gasteiger partial charge in [0.15, 0.2) is 0 Å². The number of fused-ring (bicyclic) bond motifs is 1. The van der Waals surface area contributed by atoms with Gasteiger partial charge in [-0.3, -0.25) is 9.59 Å². The molecule has 0 saturated heterocycles. The van der Waals surface area contributed by atoms with Crippen LogP contribution in [0.25, 0.3) is 10.9 Å². The topological polar surface area (TPSA) is 89.2 Å². The third kappa shape index (κ3) is 4.33. The fraction of sp³-hybridized carbons (Fsp3) is 0.375. The van der Waals surface area contributed by atoms with E-state index < -0.39 is 6.04 Å². The Morgan fingerprint density at radius 3 is 2.77 bits per heavy atom. The molecule has 2 rings (SSSR count). The molecule has 6 nitrogen and oxygen atoms in total. The van der Waals surface area contributed by atoms with E-state index >= 15 is 0 Å². The van der Waals surface area contributed by atoms with Gasteiger partial charge in [0.05, 0.1) is 12.6 Å². The summed E-state index contributed by atoms with van der Waals surface area (Å²) in [6, 6.07) is 9.67. The first-order valence-corrected chi connectivity index (χ1v) is 7.42. The number of aromatic nitrogens is 1. The van der Waals surface area contributed by atoms with Crippen molar-refractivity contribution >= 4 is 22.7 Å². The molecule has 0 unspecified atom stereocenters. The average molecular weight is 302 g/mol. The number of nitrogens with one attached hydrogen (secondary N) is 2. The van der Waals surface area contributed by atoms with Gasteiger partial charge in [-0.2, -0.15) is 0 Å². The van der Waals surface area contributed by atoms with Crippen LogP contribution in [0.3, 0.4) is 0 Å². The standard InChI is InChI=1S/C16H22N4O2/c1-12(17)16(22)19-11-15(21)18-8-4-9-20-10-7-13-5-2-3-6-14(13)20/h2-3,5-7,10,12H,4,8-9,11,17H2,1H3,(H,18,21)(H,19,22)/t12-/m0/s1. The fourth-order valence-electron chi connectivity index (χ4n) is 2.20. The van der Waals surface area contributed by atoms with Crippen LogP contribution in [0.15, 0.2) is 36.5 Å². The van der Waals surface area contributed by atoms with Crippen molar-refractivity contribution in [1.82, 2.24) is 15.2 Å². The maximum Gasteiger partial charge on any atom is 0.239 e. The van der Waals surface area contributed by atoms with Crippen molar-refractivity contribution in [3.8, 4) is 0 Å². The Bertz CT molecular complexity index is 648. The average Bonchev–Trinajstić information content (AvgIpc) is 2.92. The van der Waals surface area contributed by atoms with Crippen LogP contribution in [0.1, 0.15) is 13.3 Å². The van der Waals surface area contributed by atoms with Crippen molar-refractivity contribution in [2.24, 2.45) is 5.73 Å². The Labute approximate surface area is 129 Å². The van der Waals surface area contributed by atoms with Gasteiger partial charge in [-0.1, -0.05) is 18.2 Å². The molecule has 0 aliphatic rings. The molecule has 1 atom stereocenters. The number of hydrogen-bond acceptors (Lipinski definition) is 3. The van der Waals surface area contributed by atoms with Crippen molar-refractivity contribution in [3.05, 3.63) is 36.5 Å². The maximum absolute atomic E-state index is 11.6.